The second-order valence-electron chi connectivity index (χ2n) is 7.34. The Morgan fingerprint density at radius 1 is 1.22 bits per heavy atom. The first kappa shape index (κ1) is 23.0. The molecule has 0 saturated heterocycles. The van der Waals surface area contributed by atoms with Crippen molar-refractivity contribution in [1.82, 2.24) is 0 Å². The lowest BCUT2D eigenvalue weighted by molar-refractivity contribution is -0.159. The molecule has 0 saturated carbocycles. The van der Waals surface area contributed by atoms with E-state index in [0.29, 0.717) is 0 Å². The number of carbonyl (C=O) groups excluding carboxylic acids is 1. The number of hydrogen-bond donors (Lipinski definition) is 2. The van der Waals surface area contributed by atoms with E-state index in [1.807, 2.05) is 6.92 Å². The number of carbonyl (C=O) groups is 1. The van der Waals surface area contributed by atoms with Crippen molar-refractivity contribution in [3.8, 4) is 0 Å². The molecule has 0 fully saturated rings. The molecule has 0 aromatic rings. The molecule has 0 aliphatic carbocycles. The molecule has 0 radical (unpaired) electrons. The second-order valence-corrected chi connectivity index (χ2v) is 13.2. The highest BCUT2D eigenvalue weighted by atomic mass is 79.9. The largest absolute Gasteiger partial charge is 0.464 e. The molecule has 0 aromatic carbocycles. The lowest BCUT2D eigenvalue weighted by atomic mass is 10.0. The number of alkyl halides is 1. The smallest absolute Gasteiger partial charge is 0.337 e. The molecule has 0 aromatic heterocycles. The van der Waals surface area contributed by atoms with Gasteiger partial charge in [0, 0.05) is 0 Å². The summed E-state index contributed by atoms with van der Waals surface area (Å²) >= 11 is 3.43. The quantitative estimate of drug-likeness (QED) is 0.345. The van der Waals surface area contributed by atoms with E-state index in [1.54, 1.807) is 6.92 Å². The average molecular weight is 413 g/mol. The van der Waals surface area contributed by atoms with Gasteiger partial charge in [-0.1, -0.05) is 50.0 Å². The first-order valence-corrected chi connectivity index (χ1v) is 12.1. The highest BCUT2D eigenvalue weighted by Gasteiger charge is 2.43. The van der Waals surface area contributed by atoms with Crippen LogP contribution in [0.25, 0.3) is 0 Å². The lowest BCUT2D eigenvalue weighted by Gasteiger charge is -2.41. The maximum atomic E-state index is 11.6. The van der Waals surface area contributed by atoms with Crippen molar-refractivity contribution in [3.63, 3.8) is 0 Å². The number of esters is 1. The number of aliphatic hydroxyl groups is 2. The van der Waals surface area contributed by atoms with Crippen molar-refractivity contribution >= 4 is 30.2 Å². The molecule has 23 heavy (non-hydrogen) atoms. The van der Waals surface area contributed by atoms with Gasteiger partial charge in [0.1, 0.15) is 6.10 Å². The van der Waals surface area contributed by atoms with E-state index in [9.17, 15) is 15.0 Å². The zero-order valence-electron chi connectivity index (χ0n) is 15.4. The topological polar surface area (TPSA) is 76.0 Å². The molecule has 0 aliphatic heterocycles. The van der Waals surface area contributed by atoms with E-state index in [-0.39, 0.29) is 17.7 Å². The van der Waals surface area contributed by atoms with Crippen LogP contribution in [0.2, 0.25) is 18.1 Å². The van der Waals surface area contributed by atoms with Crippen LogP contribution in [-0.4, -0.2) is 54.2 Å². The molecule has 0 heterocycles. The summed E-state index contributed by atoms with van der Waals surface area (Å²) in [4.78, 5) is 11.1. The predicted octanol–water partition coefficient (Wildman–Crippen LogP) is 3.23. The van der Waals surface area contributed by atoms with Crippen molar-refractivity contribution in [2.24, 2.45) is 0 Å². The van der Waals surface area contributed by atoms with E-state index in [4.69, 9.17) is 9.16 Å². The molecular formula is C16H33BrO5Si. The molecule has 0 amide bonds. The molecule has 0 unspecified atom stereocenters. The zero-order chi connectivity index (χ0) is 18.4. The Labute approximate surface area is 150 Å². The molecular weight excluding hydrogens is 380 g/mol. The average Bonchev–Trinajstić information content (AvgIpc) is 2.43. The number of hydrogen-bond acceptors (Lipinski definition) is 5. The van der Waals surface area contributed by atoms with Gasteiger partial charge in [0.05, 0.1) is 17.5 Å². The Morgan fingerprint density at radius 3 is 2.13 bits per heavy atom. The van der Waals surface area contributed by atoms with Crippen LogP contribution < -0.4 is 0 Å². The third-order valence-electron chi connectivity index (χ3n) is 4.36. The van der Waals surface area contributed by atoms with E-state index in [0.717, 1.165) is 12.8 Å². The van der Waals surface area contributed by atoms with Gasteiger partial charge in [-0.15, -0.1) is 0 Å². The molecule has 4 atom stereocenters. The Kier molecular flexibility index (Phi) is 9.53. The van der Waals surface area contributed by atoms with Crippen molar-refractivity contribution in [2.75, 3.05) is 6.61 Å². The van der Waals surface area contributed by atoms with Crippen molar-refractivity contribution in [2.45, 2.75) is 88.7 Å². The van der Waals surface area contributed by atoms with Gasteiger partial charge in [0.15, 0.2) is 14.4 Å². The number of ether oxygens (including phenoxy) is 1. The van der Waals surface area contributed by atoms with E-state index in [2.05, 4.69) is 49.8 Å². The van der Waals surface area contributed by atoms with Gasteiger partial charge in [-0.3, -0.25) is 0 Å². The summed E-state index contributed by atoms with van der Waals surface area (Å²) in [5.74, 6) is -0.813. The maximum absolute atomic E-state index is 11.6. The predicted molar refractivity (Wildman–Crippen MR) is 98.3 cm³/mol. The Bertz CT molecular complexity index is 370. The molecule has 138 valence electrons. The van der Waals surface area contributed by atoms with Crippen molar-refractivity contribution in [1.29, 1.82) is 0 Å². The fourth-order valence-corrected chi connectivity index (χ4v) is 4.12. The van der Waals surface area contributed by atoms with E-state index >= 15 is 0 Å². The van der Waals surface area contributed by atoms with Gasteiger partial charge in [0.2, 0.25) is 0 Å². The molecule has 0 rings (SSSR count). The minimum absolute atomic E-state index is 0.0381. The summed E-state index contributed by atoms with van der Waals surface area (Å²) in [6.07, 6.45) is -1.53. The number of halogens is 1. The van der Waals surface area contributed by atoms with Crippen LogP contribution >= 0.6 is 15.9 Å². The van der Waals surface area contributed by atoms with Crippen molar-refractivity contribution < 1.29 is 24.2 Å². The Hall–Kier alpha value is 0.0469. The normalized spacial score (nSPS) is 18.2. The molecule has 7 heteroatoms. The Balaban J connectivity index is 5.11. The van der Waals surface area contributed by atoms with Gasteiger partial charge < -0.3 is 19.4 Å². The fourth-order valence-electron chi connectivity index (χ4n) is 1.88. The fraction of sp³-hybridized carbons (Fsp3) is 0.938. The summed E-state index contributed by atoms with van der Waals surface area (Å²) in [6, 6.07) is 0. The summed E-state index contributed by atoms with van der Waals surface area (Å²) < 4.78 is 11.2. The minimum Gasteiger partial charge on any atom is -0.464 e. The van der Waals surface area contributed by atoms with Crippen LogP contribution in [0.15, 0.2) is 0 Å². The van der Waals surface area contributed by atoms with Gasteiger partial charge in [-0.05, 0) is 31.5 Å². The van der Waals surface area contributed by atoms with Gasteiger partial charge in [-0.2, -0.15) is 0 Å². The standard InChI is InChI=1S/C16H33BrO5Si/c1-8-10-11(22-23(6,7)16(3,4)5)12(17)13(18)14(19)15(20)21-9-2/h11-14,18-19H,8-10H2,1-7H3/t11-,12-,13+,14-/m0/s1. The van der Waals surface area contributed by atoms with Crippen LogP contribution in [0.5, 0.6) is 0 Å². The molecule has 0 bridgehead atoms. The van der Waals surface area contributed by atoms with Gasteiger partial charge >= 0.3 is 5.97 Å². The SMILES string of the molecule is CCC[C@H](O[Si](C)(C)C(C)(C)C)[C@H](Br)[C@@H](O)[C@H](O)C(=O)OCC. The van der Waals surface area contributed by atoms with Crippen LogP contribution in [0.3, 0.4) is 0 Å². The summed E-state index contributed by atoms with van der Waals surface area (Å²) in [6.45, 7) is 14.6. The highest BCUT2D eigenvalue weighted by Crippen LogP contribution is 2.39. The summed E-state index contributed by atoms with van der Waals surface area (Å²) in [5.41, 5.74) is 0. The maximum Gasteiger partial charge on any atom is 0.337 e. The summed E-state index contributed by atoms with van der Waals surface area (Å²) in [5, 5.41) is 20.3. The van der Waals surface area contributed by atoms with Crippen LogP contribution in [0, 0.1) is 0 Å². The molecule has 5 nitrogen and oxygen atoms in total. The third kappa shape index (κ3) is 6.82. The molecule has 2 N–H and O–H groups in total. The zero-order valence-corrected chi connectivity index (χ0v) is 18.0. The molecule has 0 aliphatic rings. The second kappa shape index (κ2) is 9.51. The van der Waals surface area contributed by atoms with Crippen molar-refractivity contribution in [3.05, 3.63) is 0 Å². The van der Waals surface area contributed by atoms with Gasteiger partial charge in [-0.25, -0.2) is 4.79 Å². The Morgan fingerprint density at radius 2 is 1.74 bits per heavy atom. The highest BCUT2D eigenvalue weighted by molar-refractivity contribution is 9.09. The first-order valence-electron chi connectivity index (χ1n) is 8.23. The number of aliphatic hydroxyl groups excluding tert-OH is 2. The minimum atomic E-state index is -2.03. The summed E-state index contributed by atoms with van der Waals surface area (Å²) in [7, 11) is -2.03. The molecule has 0 spiro atoms. The van der Waals surface area contributed by atoms with Gasteiger partial charge in [0.25, 0.3) is 0 Å². The van der Waals surface area contributed by atoms with Crippen LogP contribution in [-0.2, 0) is 14.0 Å². The van der Waals surface area contributed by atoms with Crippen LogP contribution in [0.1, 0.15) is 47.5 Å². The van der Waals surface area contributed by atoms with E-state index < -0.39 is 31.3 Å². The van der Waals surface area contributed by atoms with E-state index in [1.165, 1.54) is 0 Å². The monoisotopic (exact) mass is 412 g/mol. The van der Waals surface area contributed by atoms with Crippen LogP contribution in [0.4, 0.5) is 0 Å². The lowest BCUT2D eigenvalue weighted by Crippen LogP contribution is -2.51. The third-order valence-corrected chi connectivity index (χ3v) is 9.99. The number of rotatable bonds is 9. The first-order chi connectivity index (χ1) is 10.4.